The quantitative estimate of drug-likeness (QED) is 0.818. The average molecular weight is 319 g/mol. The van der Waals surface area contributed by atoms with Gasteiger partial charge in [0.05, 0.1) is 13.0 Å². The zero-order chi connectivity index (χ0) is 14.8. The SMILES string of the molecule is CC(NS(=O)(=O)c1ccc(CC(=O)O)s1)C1CCOC1. The summed E-state index contributed by atoms with van der Waals surface area (Å²) in [4.78, 5) is 11.1. The molecule has 2 heterocycles. The smallest absolute Gasteiger partial charge is 0.308 e. The third kappa shape index (κ3) is 3.78. The average Bonchev–Trinajstić information content (AvgIpc) is 2.97. The van der Waals surface area contributed by atoms with Crippen LogP contribution < -0.4 is 4.72 Å². The van der Waals surface area contributed by atoms with Crippen molar-refractivity contribution in [2.75, 3.05) is 13.2 Å². The molecule has 1 aliphatic heterocycles. The van der Waals surface area contributed by atoms with Crippen molar-refractivity contribution in [3.63, 3.8) is 0 Å². The molecule has 1 fully saturated rings. The first-order chi connectivity index (χ1) is 9.38. The molecule has 0 bridgehead atoms. The van der Waals surface area contributed by atoms with Gasteiger partial charge in [0.2, 0.25) is 10.0 Å². The Morgan fingerprint density at radius 3 is 2.95 bits per heavy atom. The van der Waals surface area contributed by atoms with Crippen molar-refractivity contribution in [1.29, 1.82) is 0 Å². The summed E-state index contributed by atoms with van der Waals surface area (Å²) in [5.41, 5.74) is 0. The number of thiophene rings is 1. The topological polar surface area (TPSA) is 92.7 Å². The molecule has 0 radical (unpaired) electrons. The molecule has 1 aromatic heterocycles. The molecule has 1 aliphatic rings. The Bertz CT molecular complexity index is 574. The summed E-state index contributed by atoms with van der Waals surface area (Å²) in [6.07, 6.45) is 0.685. The first-order valence-corrected chi connectivity index (χ1v) is 8.59. The molecule has 0 spiro atoms. The van der Waals surface area contributed by atoms with Crippen LogP contribution in [0.4, 0.5) is 0 Å². The van der Waals surface area contributed by atoms with Crippen LogP contribution >= 0.6 is 11.3 Å². The van der Waals surface area contributed by atoms with Crippen molar-refractivity contribution in [3.8, 4) is 0 Å². The molecular weight excluding hydrogens is 302 g/mol. The Morgan fingerprint density at radius 1 is 1.60 bits per heavy atom. The van der Waals surface area contributed by atoms with Crippen LogP contribution in [0.3, 0.4) is 0 Å². The van der Waals surface area contributed by atoms with Gasteiger partial charge in [-0.2, -0.15) is 0 Å². The summed E-state index contributed by atoms with van der Waals surface area (Å²) in [5, 5.41) is 8.70. The van der Waals surface area contributed by atoms with Gasteiger partial charge in [0.15, 0.2) is 0 Å². The first-order valence-electron chi connectivity index (χ1n) is 6.29. The number of carbonyl (C=O) groups is 1. The van der Waals surface area contributed by atoms with Crippen molar-refractivity contribution in [2.24, 2.45) is 5.92 Å². The first kappa shape index (κ1) is 15.4. The van der Waals surface area contributed by atoms with Gasteiger partial charge in [0.25, 0.3) is 0 Å². The summed E-state index contributed by atoms with van der Waals surface area (Å²) in [6, 6.07) is 2.78. The van der Waals surface area contributed by atoms with Crippen LogP contribution in [0.15, 0.2) is 16.3 Å². The van der Waals surface area contributed by atoms with E-state index in [0.717, 1.165) is 17.8 Å². The van der Waals surface area contributed by atoms with Crippen LogP contribution in [0.2, 0.25) is 0 Å². The van der Waals surface area contributed by atoms with Gasteiger partial charge in [-0.05, 0) is 25.5 Å². The summed E-state index contributed by atoms with van der Waals surface area (Å²) in [7, 11) is -3.59. The van der Waals surface area contributed by atoms with Crippen molar-refractivity contribution in [2.45, 2.75) is 30.0 Å². The van der Waals surface area contributed by atoms with Gasteiger partial charge in [-0.3, -0.25) is 4.79 Å². The van der Waals surface area contributed by atoms with Gasteiger partial charge in [-0.15, -0.1) is 11.3 Å². The van der Waals surface area contributed by atoms with Gasteiger partial charge < -0.3 is 9.84 Å². The molecule has 2 atom stereocenters. The zero-order valence-electron chi connectivity index (χ0n) is 11.0. The fraction of sp³-hybridized carbons (Fsp3) is 0.583. The molecule has 2 unspecified atom stereocenters. The number of ether oxygens (including phenoxy) is 1. The van der Waals surface area contributed by atoms with E-state index in [1.54, 1.807) is 0 Å². The molecule has 0 aromatic carbocycles. The molecule has 0 saturated carbocycles. The van der Waals surface area contributed by atoms with Crippen molar-refractivity contribution in [3.05, 3.63) is 17.0 Å². The summed E-state index contributed by atoms with van der Waals surface area (Å²) < 4.78 is 32.5. The third-order valence-corrected chi connectivity index (χ3v) is 6.38. The lowest BCUT2D eigenvalue weighted by Crippen LogP contribution is -2.38. The van der Waals surface area contributed by atoms with E-state index >= 15 is 0 Å². The van der Waals surface area contributed by atoms with Crippen molar-refractivity contribution >= 4 is 27.3 Å². The van der Waals surface area contributed by atoms with E-state index in [1.807, 2.05) is 6.92 Å². The van der Waals surface area contributed by atoms with Crippen LogP contribution in [0, 0.1) is 5.92 Å². The number of hydrogen-bond acceptors (Lipinski definition) is 5. The maximum atomic E-state index is 12.2. The number of sulfonamides is 1. The fourth-order valence-corrected chi connectivity index (χ4v) is 4.77. The van der Waals surface area contributed by atoms with E-state index in [2.05, 4.69) is 4.72 Å². The Labute approximate surface area is 121 Å². The highest BCUT2D eigenvalue weighted by Gasteiger charge is 2.27. The minimum atomic E-state index is -3.59. The van der Waals surface area contributed by atoms with Gasteiger partial charge in [-0.1, -0.05) is 0 Å². The van der Waals surface area contributed by atoms with Crippen LogP contribution in [0.1, 0.15) is 18.2 Å². The predicted molar refractivity (Wildman–Crippen MR) is 74.4 cm³/mol. The molecular formula is C12H17NO5S2. The Balaban J connectivity index is 2.05. The van der Waals surface area contributed by atoms with Crippen LogP contribution in [0.25, 0.3) is 0 Å². The maximum absolute atomic E-state index is 12.2. The van der Waals surface area contributed by atoms with Crippen molar-refractivity contribution < 1.29 is 23.1 Å². The summed E-state index contributed by atoms with van der Waals surface area (Å²) in [5.74, 6) is -0.788. The normalized spacial score (nSPS) is 20.9. The lowest BCUT2D eigenvalue weighted by atomic mass is 10.0. The summed E-state index contributed by atoms with van der Waals surface area (Å²) >= 11 is 0.990. The molecule has 1 aromatic rings. The highest BCUT2D eigenvalue weighted by molar-refractivity contribution is 7.91. The zero-order valence-corrected chi connectivity index (χ0v) is 12.7. The molecule has 0 amide bonds. The molecule has 1 saturated heterocycles. The van der Waals surface area contributed by atoms with E-state index in [4.69, 9.17) is 9.84 Å². The molecule has 2 rings (SSSR count). The molecule has 6 nitrogen and oxygen atoms in total. The van der Waals surface area contributed by atoms with E-state index in [0.29, 0.717) is 18.1 Å². The van der Waals surface area contributed by atoms with Gasteiger partial charge in [0.1, 0.15) is 4.21 Å². The molecule has 8 heteroatoms. The predicted octanol–water partition coefficient (Wildman–Crippen LogP) is 1.08. The number of aliphatic carboxylic acids is 1. The van der Waals surface area contributed by atoms with E-state index in [9.17, 15) is 13.2 Å². The maximum Gasteiger partial charge on any atom is 0.308 e. The minimum absolute atomic E-state index is 0.152. The van der Waals surface area contributed by atoms with Crippen LogP contribution in [-0.4, -0.2) is 38.7 Å². The lowest BCUT2D eigenvalue weighted by Gasteiger charge is -2.18. The monoisotopic (exact) mass is 319 g/mol. The minimum Gasteiger partial charge on any atom is -0.481 e. The second-order valence-corrected chi connectivity index (χ2v) is 7.93. The third-order valence-electron chi connectivity index (χ3n) is 3.24. The summed E-state index contributed by atoms with van der Waals surface area (Å²) in [6.45, 7) is 3.06. The Hall–Kier alpha value is -0.960. The van der Waals surface area contributed by atoms with Crippen LogP contribution in [0.5, 0.6) is 0 Å². The van der Waals surface area contributed by atoms with Gasteiger partial charge >= 0.3 is 5.97 Å². The number of carboxylic acid groups (broad SMARTS) is 1. The van der Waals surface area contributed by atoms with Crippen molar-refractivity contribution in [1.82, 2.24) is 4.72 Å². The Morgan fingerprint density at radius 2 is 2.35 bits per heavy atom. The highest BCUT2D eigenvalue weighted by Crippen LogP contribution is 2.24. The largest absolute Gasteiger partial charge is 0.481 e. The molecule has 0 aliphatic carbocycles. The van der Waals surface area contributed by atoms with E-state index < -0.39 is 16.0 Å². The second-order valence-electron chi connectivity index (χ2n) is 4.82. The standard InChI is InChI=1S/C12H17NO5S2/c1-8(9-4-5-18-7-9)13-20(16,17)12-3-2-10(19-12)6-11(14)15/h2-3,8-9,13H,4-7H2,1H3,(H,14,15). The van der Waals surface area contributed by atoms with E-state index in [-0.39, 0.29) is 22.6 Å². The Kier molecular flexibility index (Phi) is 4.79. The number of nitrogens with one attached hydrogen (secondary N) is 1. The number of hydrogen-bond donors (Lipinski definition) is 2. The number of rotatable bonds is 6. The van der Waals surface area contributed by atoms with Gasteiger partial charge in [-0.25, -0.2) is 13.1 Å². The molecule has 20 heavy (non-hydrogen) atoms. The second kappa shape index (κ2) is 6.21. The lowest BCUT2D eigenvalue weighted by molar-refractivity contribution is -0.136. The molecule has 112 valence electrons. The fourth-order valence-electron chi connectivity index (χ4n) is 2.09. The van der Waals surface area contributed by atoms with Crippen LogP contribution in [-0.2, 0) is 26.0 Å². The molecule has 2 N–H and O–H groups in total. The van der Waals surface area contributed by atoms with E-state index in [1.165, 1.54) is 12.1 Å². The van der Waals surface area contributed by atoms with Gasteiger partial charge in [0, 0.05) is 23.4 Å². The highest BCUT2D eigenvalue weighted by atomic mass is 32.2. The number of carboxylic acids is 1.